The molecule has 1 aromatic heterocycles. The normalized spacial score (nSPS) is 11.2. The lowest BCUT2D eigenvalue weighted by atomic mass is 10.2. The average molecular weight is 179 g/mol. The van der Waals surface area contributed by atoms with Gasteiger partial charge in [0, 0.05) is 18.3 Å². The van der Waals surface area contributed by atoms with E-state index in [1.54, 1.807) is 6.20 Å². The second-order valence-corrected chi connectivity index (χ2v) is 2.35. The second-order valence-electron chi connectivity index (χ2n) is 2.15. The summed E-state index contributed by atoms with van der Waals surface area (Å²) < 4.78 is 0. The van der Waals surface area contributed by atoms with Crippen molar-refractivity contribution in [1.82, 2.24) is 4.98 Å². The van der Waals surface area contributed by atoms with E-state index < -0.39 is 0 Å². The molecule has 1 aromatic rings. The van der Waals surface area contributed by atoms with E-state index in [2.05, 4.69) is 27.7 Å². The molecule has 1 radical (unpaired) electrons. The highest BCUT2D eigenvalue weighted by Gasteiger charge is 1.98. The largest absolute Gasteiger partial charge is 0.411 e. The van der Waals surface area contributed by atoms with E-state index in [9.17, 15) is 0 Å². The predicted molar refractivity (Wildman–Crippen MR) is 49.8 cm³/mol. The van der Waals surface area contributed by atoms with Crippen molar-refractivity contribution in [2.24, 2.45) is 5.16 Å². The molecule has 1 N–H and O–H groups in total. The lowest BCUT2D eigenvalue weighted by molar-refractivity contribution is 0.319. The summed E-state index contributed by atoms with van der Waals surface area (Å²) in [6.07, 6.45) is 2.09. The van der Waals surface area contributed by atoms with E-state index in [4.69, 9.17) is 5.21 Å². The molecule has 0 aliphatic heterocycles. The fourth-order valence-electron chi connectivity index (χ4n) is 0.766. The highest BCUT2D eigenvalue weighted by atomic mass is 32.1. The minimum absolute atomic E-state index is 0.323. The molecule has 0 unspecified atom stereocenters. The molecule has 4 heteroatoms. The van der Waals surface area contributed by atoms with E-state index in [-0.39, 0.29) is 0 Å². The first kappa shape index (κ1) is 8.80. The Balaban J connectivity index is 2.70. The first-order valence-electron chi connectivity index (χ1n) is 3.36. The molecule has 0 atom stereocenters. The Labute approximate surface area is 75.7 Å². The minimum atomic E-state index is 0.323. The summed E-state index contributed by atoms with van der Waals surface area (Å²) in [7, 11) is 0. The van der Waals surface area contributed by atoms with Crippen molar-refractivity contribution in [3.63, 3.8) is 0 Å². The molecule has 0 bridgehead atoms. The van der Waals surface area contributed by atoms with E-state index in [1.165, 1.54) is 0 Å². The number of rotatable bonds is 3. The molecule has 0 aliphatic carbocycles. The van der Waals surface area contributed by atoms with Crippen LogP contribution in [-0.4, -0.2) is 21.3 Å². The van der Waals surface area contributed by atoms with E-state index >= 15 is 0 Å². The van der Waals surface area contributed by atoms with Gasteiger partial charge in [-0.3, -0.25) is 4.98 Å². The van der Waals surface area contributed by atoms with Crippen LogP contribution in [-0.2, 0) is 6.42 Å². The molecule has 12 heavy (non-hydrogen) atoms. The number of nitrogens with zero attached hydrogens (tertiary/aromatic N) is 2. The van der Waals surface area contributed by atoms with Gasteiger partial charge in [-0.15, -0.1) is 0 Å². The van der Waals surface area contributed by atoms with Crippen molar-refractivity contribution in [1.29, 1.82) is 0 Å². The topological polar surface area (TPSA) is 45.5 Å². The second kappa shape index (κ2) is 4.56. The first-order chi connectivity index (χ1) is 5.86. The maximum atomic E-state index is 8.42. The van der Waals surface area contributed by atoms with E-state index in [0.717, 1.165) is 5.69 Å². The van der Waals surface area contributed by atoms with Crippen LogP contribution in [0.15, 0.2) is 29.6 Å². The molecule has 0 aliphatic rings. The number of thiocarbonyl (C=S) groups is 1. The maximum absolute atomic E-state index is 8.42. The number of hydrogen-bond donors (Lipinski definition) is 1. The lowest BCUT2D eigenvalue weighted by Gasteiger charge is -1.95. The van der Waals surface area contributed by atoms with Gasteiger partial charge in [-0.25, -0.2) is 0 Å². The van der Waals surface area contributed by atoms with Crippen molar-refractivity contribution in [3.05, 3.63) is 30.1 Å². The van der Waals surface area contributed by atoms with Crippen LogP contribution in [0.25, 0.3) is 0 Å². The number of hydrogen-bond acceptors (Lipinski definition) is 4. The Morgan fingerprint density at radius 1 is 1.67 bits per heavy atom. The Bertz CT molecular complexity index is 284. The quantitative estimate of drug-likeness (QED) is 0.329. The van der Waals surface area contributed by atoms with Crippen LogP contribution < -0.4 is 0 Å². The smallest absolute Gasteiger partial charge is 0.105 e. The molecule has 0 spiro atoms. The first-order valence-corrected chi connectivity index (χ1v) is 3.76. The average Bonchev–Trinajstić information content (AvgIpc) is 2.16. The molecule has 0 amide bonds. The standard InChI is InChI=1S/C8H7N2OS/c11-10-8(6-12)5-7-3-1-2-4-9-7/h1-4,11H,5H2. The Morgan fingerprint density at radius 3 is 3.00 bits per heavy atom. The summed E-state index contributed by atoms with van der Waals surface area (Å²) in [6, 6.07) is 5.51. The molecular weight excluding hydrogens is 172 g/mol. The van der Waals surface area contributed by atoms with Crippen LogP contribution >= 0.6 is 12.2 Å². The summed E-state index contributed by atoms with van der Waals surface area (Å²) in [6.45, 7) is 0. The van der Waals surface area contributed by atoms with E-state index in [1.807, 2.05) is 18.2 Å². The maximum Gasteiger partial charge on any atom is 0.105 e. The fraction of sp³-hybridized carbons (Fsp3) is 0.125. The Morgan fingerprint density at radius 2 is 2.50 bits per heavy atom. The lowest BCUT2D eigenvalue weighted by Crippen LogP contribution is -2.04. The third-order valence-electron chi connectivity index (χ3n) is 1.31. The van der Waals surface area contributed by atoms with Gasteiger partial charge in [0.25, 0.3) is 0 Å². The molecule has 1 heterocycles. The van der Waals surface area contributed by atoms with Crippen LogP contribution in [0.5, 0.6) is 0 Å². The summed E-state index contributed by atoms with van der Waals surface area (Å²) >= 11 is 4.50. The van der Waals surface area contributed by atoms with Crippen LogP contribution in [0.3, 0.4) is 0 Å². The van der Waals surface area contributed by atoms with Gasteiger partial charge in [-0.05, 0) is 12.1 Å². The van der Waals surface area contributed by atoms with Crippen molar-refractivity contribution in [2.45, 2.75) is 6.42 Å². The highest BCUT2D eigenvalue weighted by molar-refractivity contribution is 7.80. The molecule has 0 saturated heterocycles. The van der Waals surface area contributed by atoms with Gasteiger partial charge in [0.2, 0.25) is 0 Å². The van der Waals surface area contributed by atoms with Crippen molar-refractivity contribution < 1.29 is 5.21 Å². The van der Waals surface area contributed by atoms with Gasteiger partial charge in [-0.1, -0.05) is 23.4 Å². The van der Waals surface area contributed by atoms with Gasteiger partial charge < -0.3 is 5.21 Å². The fourth-order valence-corrected chi connectivity index (χ4v) is 0.879. The zero-order valence-corrected chi connectivity index (χ0v) is 7.08. The molecule has 0 saturated carbocycles. The monoisotopic (exact) mass is 179 g/mol. The Hall–Kier alpha value is -1.29. The molecule has 61 valence electrons. The summed E-state index contributed by atoms with van der Waals surface area (Å²) in [5, 5.41) is 13.7. The zero-order valence-electron chi connectivity index (χ0n) is 6.27. The highest BCUT2D eigenvalue weighted by Crippen LogP contribution is 1.95. The number of pyridine rings is 1. The van der Waals surface area contributed by atoms with Gasteiger partial charge >= 0.3 is 0 Å². The summed E-state index contributed by atoms with van der Waals surface area (Å²) in [5.41, 5.74) is 1.13. The van der Waals surface area contributed by atoms with Crippen molar-refractivity contribution in [3.8, 4) is 0 Å². The molecular formula is C8H7N2OS. The van der Waals surface area contributed by atoms with Crippen LogP contribution in [0.2, 0.25) is 0 Å². The van der Waals surface area contributed by atoms with Crippen molar-refractivity contribution in [2.75, 3.05) is 0 Å². The third kappa shape index (κ3) is 2.39. The molecule has 0 fully saturated rings. The minimum Gasteiger partial charge on any atom is -0.411 e. The van der Waals surface area contributed by atoms with Crippen molar-refractivity contribution >= 4 is 23.3 Å². The predicted octanol–water partition coefficient (Wildman–Crippen LogP) is 1.33. The summed E-state index contributed by atoms with van der Waals surface area (Å²) in [4.78, 5) is 4.04. The SMILES string of the molecule is ON=C([C]=S)Cc1ccccn1. The Kier molecular flexibility index (Phi) is 3.35. The zero-order chi connectivity index (χ0) is 8.81. The van der Waals surface area contributed by atoms with Crippen LogP contribution in [0.4, 0.5) is 0 Å². The summed E-state index contributed by atoms with van der Waals surface area (Å²) in [5.74, 6) is 0. The van der Waals surface area contributed by atoms with Crippen LogP contribution in [0, 0.1) is 0 Å². The third-order valence-corrected chi connectivity index (χ3v) is 1.55. The van der Waals surface area contributed by atoms with E-state index in [0.29, 0.717) is 12.1 Å². The molecule has 3 nitrogen and oxygen atoms in total. The van der Waals surface area contributed by atoms with Gasteiger partial charge in [-0.2, -0.15) is 0 Å². The van der Waals surface area contributed by atoms with Gasteiger partial charge in [0.15, 0.2) is 0 Å². The number of aromatic nitrogens is 1. The molecule has 0 aromatic carbocycles. The van der Waals surface area contributed by atoms with Gasteiger partial charge in [0.05, 0.1) is 5.37 Å². The van der Waals surface area contributed by atoms with Crippen LogP contribution in [0.1, 0.15) is 5.69 Å². The number of oxime groups is 1. The molecule has 1 rings (SSSR count). The van der Waals surface area contributed by atoms with Gasteiger partial charge in [0.1, 0.15) is 5.71 Å².